The standard InChI is InChI=1S/C15H22N2O2/c1-19-15(18)11-14-6-2-3-9-17(14)10-7-13-5-4-8-16-12-13/h4-5,8,12,14H,2-3,6-7,9-11H2,1H3. The quantitative estimate of drug-likeness (QED) is 0.762. The lowest BCUT2D eigenvalue weighted by atomic mass is 9.98. The molecule has 1 aromatic rings. The molecule has 1 unspecified atom stereocenters. The number of nitrogens with zero attached hydrogens (tertiary/aromatic N) is 2. The first kappa shape index (κ1) is 14.0. The molecule has 1 fully saturated rings. The van der Waals surface area contributed by atoms with Gasteiger partial charge in [0.15, 0.2) is 0 Å². The fourth-order valence-electron chi connectivity index (χ4n) is 2.68. The Bertz CT molecular complexity index is 394. The van der Waals surface area contributed by atoms with Gasteiger partial charge in [-0.25, -0.2) is 0 Å². The van der Waals surface area contributed by atoms with Crippen molar-refractivity contribution in [3.05, 3.63) is 30.1 Å². The van der Waals surface area contributed by atoms with Crippen LogP contribution in [0.25, 0.3) is 0 Å². The SMILES string of the molecule is COC(=O)CC1CCCCN1CCc1cccnc1. The zero-order valence-electron chi connectivity index (χ0n) is 11.5. The highest BCUT2D eigenvalue weighted by Crippen LogP contribution is 2.20. The third-order valence-electron chi connectivity index (χ3n) is 3.79. The van der Waals surface area contributed by atoms with Crippen LogP contribution in [-0.4, -0.2) is 42.1 Å². The topological polar surface area (TPSA) is 42.4 Å². The van der Waals surface area contributed by atoms with E-state index in [0.717, 1.165) is 25.9 Å². The predicted octanol–water partition coefficient (Wildman–Crippen LogP) is 2.04. The molecule has 0 radical (unpaired) electrons. The molecule has 1 aromatic heterocycles. The largest absolute Gasteiger partial charge is 0.469 e. The molecular weight excluding hydrogens is 240 g/mol. The molecule has 0 aromatic carbocycles. The van der Waals surface area contributed by atoms with Gasteiger partial charge in [-0.1, -0.05) is 12.5 Å². The second kappa shape index (κ2) is 7.24. The Hall–Kier alpha value is -1.42. The molecule has 0 saturated carbocycles. The Kier molecular flexibility index (Phi) is 5.33. The van der Waals surface area contributed by atoms with Gasteiger partial charge < -0.3 is 4.74 Å². The van der Waals surface area contributed by atoms with Gasteiger partial charge in [0.25, 0.3) is 0 Å². The molecule has 0 aliphatic carbocycles. The Morgan fingerprint density at radius 2 is 2.42 bits per heavy atom. The van der Waals surface area contributed by atoms with Crippen LogP contribution in [0.3, 0.4) is 0 Å². The predicted molar refractivity (Wildman–Crippen MR) is 73.8 cm³/mol. The number of carbonyl (C=O) groups is 1. The van der Waals surface area contributed by atoms with Crippen LogP contribution in [0.4, 0.5) is 0 Å². The van der Waals surface area contributed by atoms with Crippen molar-refractivity contribution in [2.24, 2.45) is 0 Å². The van der Waals surface area contributed by atoms with Gasteiger partial charge in [0, 0.05) is 25.0 Å². The van der Waals surface area contributed by atoms with Crippen LogP contribution >= 0.6 is 0 Å². The van der Waals surface area contributed by atoms with E-state index in [-0.39, 0.29) is 5.97 Å². The van der Waals surface area contributed by atoms with E-state index in [9.17, 15) is 4.79 Å². The van der Waals surface area contributed by atoms with Crippen molar-refractivity contribution in [2.45, 2.75) is 38.1 Å². The maximum absolute atomic E-state index is 11.4. The van der Waals surface area contributed by atoms with Gasteiger partial charge >= 0.3 is 5.97 Å². The van der Waals surface area contributed by atoms with E-state index in [0.29, 0.717) is 12.5 Å². The van der Waals surface area contributed by atoms with Crippen LogP contribution in [0.1, 0.15) is 31.2 Å². The summed E-state index contributed by atoms with van der Waals surface area (Å²) in [6, 6.07) is 4.42. The molecule has 1 atom stereocenters. The van der Waals surface area contributed by atoms with E-state index in [1.54, 1.807) is 6.20 Å². The second-order valence-corrected chi connectivity index (χ2v) is 5.08. The maximum Gasteiger partial charge on any atom is 0.307 e. The minimum absolute atomic E-state index is 0.0988. The molecule has 2 heterocycles. The van der Waals surface area contributed by atoms with E-state index < -0.39 is 0 Å². The van der Waals surface area contributed by atoms with Crippen molar-refractivity contribution in [1.29, 1.82) is 0 Å². The van der Waals surface area contributed by atoms with E-state index in [2.05, 4.69) is 16.0 Å². The van der Waals surface area contributed by atoms with Crippen molar-refractivity contribution in [3.63, 3.8) is 0 Å². The summed E-state index contributed by atoms with van der Waals surface area (Å²) in [6.07, 6.45) is 8.76. The van der Waals surface area contributed by atoms with Crippen molar-refractivity contribution >= 4 is 5.97 Å². The zero-order chi connectivity index (χ0) is 13.5. The average Bonchev–Trinajstić information content (AvgIpc) is 2.47. The lowest BCUT2D eigenvalue weighted by molar-refractivity contribution is -0.142. The summed E-state index contributed by atoms with van der Waals surface area (Å²) in [5.41, 5.74) is 1.25. The van der Waals surface area contributed by atoms with Crippen LogP contribution in [0, 0.1) is 0 Å². The van der Waals surface area contributed by atoms with E-state index in [1.807, 2.05) is 12.3 Å². The maximum atomic E-state index is 11.4. The minimum atomic E-state index is -0.0988. The van der Waals surface area contributed by atoms with E-state index in [1.165, 1.54) is 25.5 Å². The Morgan fingerprint density at radius 1 is 1.53 bits per heavy atom. The van der Waals surface area contributed by atoms with Gasteiger partial charge in [-0.05, 0) is 37.4 Å². The van der Waals surface area contributed by atoms with Crippen LogP contribution in [0.15, 0.2) is 24.5 Å². The number of rotatable bonds is 5. The number of esters is 1. The lowest BCUT2D eigenvalue weighted by Gasteiger charge is -2.35. The minimum Gasteiger partial charge on any atom is -0.469 e. The molecule has 0 spiro atoms. The molecule has 104 valence electrons. The number of piperidine rings is 1. The van der Waals surface area contributed by atoms with Crippen LogP contribution in [0.2, 0.25) is 0 Å². The number of pyridine rings is 1. The molecule has 0 amide bonds. The highest BCUT2D eigenvalue weighted by Gasteiger charge is 2.24. The molecule has 1 aliphatic heterocycles. The summed E-state index contributed by atoms with van der Waals surface area (Å²) < 4.78 is 4.79. The number of ether oxygens (including phenoxy) is 1. The fourth-order valence-corrected chi connectivity index (χ4v) is 2.68. The smallest absolute Gasteiger partial charge is 0.307 e. The Labute approximate surface area is 114 Å². The summed E-state index contributed by atoms with van der Waals surface area (Å²) in [5, 5.41) is 0. The monoisotopic (exact) mass is 262 g/mol. The molecule has 1 saturated heterocycles. The molecule has 1 aliphatic rings. The first-order chi connectivity index (χ1) is 9.29. The van der Waals surface area contributed by atoms with Gasteiger partial charge in [0.1, 0.15) is 0 Å². The van der Waals surface area contributed by atoms with E-state index >= 15 is 0 Å². The molecule has 0 bridgehead atoms. The number of carbonyl (C=O) groups excluding carboxylic acids is 1. The van der Waals surface area contributed by atoms with Crippen LogP contribution < -0.4 is 0 Å². The van der Waals surface area contributed by atoms with Gasteiger partial charge in [0.05, 0.1) is 13.5 Å². The molecule has 4 nitrogen and oxygen atoms in total. The van der Waals surface area contributed by atoms with Gasteiger partial charge in [-0.3, -0.25) is 14.7 Å². The Balaban J connectivity index is 1.87. The molecule has 19 heavy (non-hydrogen) atoms. The second-order valence-electron chi connectivity index (χ2n) is 5.08. The van der Waals surface area contributed by atoms with Crippen molar-refractivity contribution in [3.8, 4) is 0 Å². The Morgan fingerprint density at radius 3 is 3.16 bits per heavy atom. The number of aromatic nitrogens is 1. The van der Waals surface area contributed by atoms with Crippen LogP contribution in [-0.2, 0) is 16.0 Å². The van der Waals surface area contributed by atoms with Crippen molar-refractivity contribution in [1.82, 2.24) is 9.88 Å². The summed E-state index contributed by atoms with van der Waals surface area (Å²) in [5.74, 6) is -0.0988. The third-order valence-corrected chi connectivity index (χ3v) is 3.79. The molecule has 2 rings (SSSR count). The van der Waals surface area contributed by atoms with Gasteiger partial charge in [0.2, 0.25) is 0 Å². The van der Waals surface area contributed by atoms with Crippen molar-refractivity contribution < 1.29 is 9.53 Å². The average molecular weight is 262 g/mol. The highest BCUT2D eigenvalue weighted by atomic mass is 16.5. The number of methoxy groups -OCH3 is 1. The van der Waals surface area contributed by atoms with Gasteiger partial charge in [-0.2, -0.15) is 0 Å². The normalized spacial score (nSPS) is 20.2. The first-order valence-corrected chi connectivity index (χ1v) is 6.99. The van der Waals surface area contributed by atoms with Crippen LogP contribution in [0.5, 0.6) is 0 Å². The third kappa shape index (κ3) is 4.31. The van der Waals surface area contributed by atoms with Crippen molar-refractivity contribution in [2.75, 3.05) is 20.2 Å². The van der Waals surface area contributed by atoms with Gasteiger partial charge in [-0.15, -0.1) is 0 Å². The summed E-state index contributed by atoms with van der Waals surface area (Å²) >= 11 is 0. The number of likely N-dealkylation sites (tertiary alicyclic amines) is 1. The summed E-state index contributed by atoms with van der Waals surface area (Å²) in [7, 11) is 1.46. The van der Waals surface area contributed by atoms with E-state index in [4.69, 9.17) is 4.74 Å². The highest BCUT2D eigenvalue weighted by molar-refractivity contribution is 5.69. The molecule has 4 heteroatoms. The summed E-state index contributed by atoms with van der Waals surface area (Å²) in [6.45, 7) is 2.08. The molecule has 0 N–H and O–H groups in total. The zero-order valence-corrected chi connectivity index (χ0v) is 11.5. The number of hydrogen-bond acceptors (Lipinski definition) is 4. The first-order valence-electron chi connectivity index (χ1n) is 6.99. The molecular formula is C15H22N2O2. The fraction of sp³-hybridized carbons (Fsp3) is 0.600. The number of hydrogen-bond donors (Lipinski definition) is 0. The summed E-state index contributed by atoms with van der Waals surface area (Å²) in [4.78, 5) is 18.0. The lowest BCUT2D eigenvalue weighted by Crippen LogP contribution is -2.42.